The number of aliphatic hydroxyl groups is 1. The van der Waals surface area contributed by atoms with Crippen LogP contribution >= 0.6 is 11.3 Å². The number of thiophene rings is 1. The fraction of sp³-hybridized carbons (Fsp3) is 0.667. The molecule has 0 bridgehead atoms. The van der Waals surface area contributed by atoms with E-state index in [4.69, 9.17) is 4.74 Å². The molecule has 1 aromatic rings. The monoisotopic (exact) mass is 243 g/mol. The molecule has 0 saturated heterocycles. The second kappa shape index (κ2) is 6.35. The van der Waals surface area contributed by atoms with E-state index in [0.717, 1.165) is 6.54 Å². The Labute approximate surface area is 101 Å². The molecule has 0 amide bonds. The van der Waals surface area contributed by atoms with Crippen LogP contribution in [0.4, 0.5) is 0 Å². The first kappa shape index (κ1) is 13.6. The molecule has 92 valence electrons. The normalized spacial score (nSPS) is 14.0. The lowest BCUT2D eigenvalue weighted by molar-refractivity contribution is -0.0479. The molecule has 3 nitrogen and oxygen atoms in total. The standard InChI is InChI=1S/C12H21NO2S/c1-12(2,3)15-9-10(14)7-13-8-11-5-4-6-16-11/h4-6,10,13-14H,7-9H2,1-3H3/t10-/m0/s1. The molecule has 0 aliphatic heterocycles. The van der Waals surface area contributed by atoms with Gasteiger partial charge in [0.25, 0.3) is 0 Å². The Morgan fingerprint density at radius 2 is 2.25 bits per heavy atom. The topological polar surface area (TPSA) is 41.5 Å². The van der Waals surface area contributed by atoms with Crippen molar-refractivity contribution in [1.29, 1.82) is 0 Å². The molecule has 0 radical (unpaired) electrons. The van der Waals surface area contributed by atoms with Crippen molar-refractivity contribution in [2.24, 2.45) is 0 Å². The predicted molar refractivity (Wildman–Crippen MR) is 67.7 cm³/mol. The molecule has 1 aromatic heterocycles. The van der Waals surface area contributed by atoms with E-state index in [2.05, 4.69) is 16.8 Å². The van der Waals surface area contributed by atoms with E-state index < -0.39 is 6.10 Å². The Morgan fingerprint density at radius 1 is 1.50 bits per heavy atom. The molecule has 16 heavy (non-hydrogen) atoms. The van der Waals surface area contributed by atoms with Gasteiger partial charge in [-0.2, -0.15) is 0 Å². The smallest absolute Gasteiger partial charge is 0.0898 e. The van der Waals surface area contributed by atoms with Crippen LogP contribution in [0.15, 0.2) is 17.5 Å². The van der Waals surface area contributed by atoms with Gasteiger partial charge in [0.05, 0.1) is 18.3 Å². The minimum absolute atomic E-state index is 0.186. The molecule has 1 rings (SSSR count). The molecular formula is C12H21NO2S. The second-order valence-corrected chi connectivity index (χ2v) is 5.82. The molecule has 0 aromatic carbocycles. The Morgan fingerprint density at radius 3 is 2.81 bits per heavy atom. The van der Waals surface area contributed by atoms with Crippen LogP contribution in [0.3, 0.4) is 0 Å². The zero-order valence-electron chi connectivity index (χ0n) is 10.2. The van der Waals surface area contributed by atoms with Gasteiger partial charge in [-0.15, -0.1) is 11.3 Å². The van der Waals surface area contributed by atoms with Gasteiger partial charge in [-0.3, -0.25) is 0 Å². The summed E-state index contributed by atoms with van der Waals surface area (Å²) in [6.45, 7) is 7.70. The summed E-state index contributed by atoms with van der Waals surface area (Å²) < 4.78 is 5.49. The average molecular weight is 243 g/mol. The quantitative estimate of drug-likeness (QED) is 0.803. The maximum atomic E-state index is 9.66. The van der Waals surface area contributed by atoms with Gasteiger partial charge in [0, 0.05) is 18.0 Å². The van der Waals surface area contributed by atoms with Gasteiger partial charge in [0.15, 0.2) is 0 Å². The third-order valence-electron chi connectivity index (χ3n) is 1.97. The van der Waals surface area contributed by atoms with Crippen molar-refractivity contribution < 1.29 is 9.84 Å². The van der Waals surface area contributed by atoms with Crippen LogP contribution in [0.2, 0.25) is 0 Å². The van der Waals surface area contributed by atoms with Crippen LogP contribution in [-0.2, 0) is 11.3 Å². The van der Waals surface area contributed by atoms with Crippen molar-refractivity contribution in [2.45, 2.75) is 39.0 Å². The Hall–Kier alpha value is -0.420. The van der Waals surface area contributed by atoms with Crippen LogP contribution in [0.25, 0.3) is 0 Å². The van der Waals surface area contributed by atoms with Crippen LogP contribution in [0.1, 0.15) is 25.6 Å². The highest BCUT2D eigenvalue weighted by Crippen LogP contribution is 2.08. The van der Waals surface area contributed by atoms with Gasteiger partial charge in [0.1, 0.15) is 0 Å². The molecule has 1 heterocycles. The average Bonchev–Trinajstić information content (AvgIpc) is 2.66. The summed E-state index contributed by atoms with van der Waals surface area (Å²) in [6.07, 6.45) is -0.445. The number of hydrogen-bond acceptors (Lipinski definition) is 4. The summed E-state index contributed by atoms with van der Waals surface area (Å²) in [4.78, 5) is 1.28. The van der Waals surface area contributed by atoms with Crippen molar-refractivity contribution in [3.63, 3.8) is 0 Å². The van der Waals surface area contributed by atoms with Gasteiger partial charge in [-0.25, -0.2) is 0 Å². The van der Waals surface area contributed by atoms with Gasteiger partial charge in [0.2, 0.25) is 0 Å². The summed E-state index contributed by atoms with van der Waals surface area (Å²) >= 11 is 1.72. The predicted octanol–water partition coefficient (Wildman–Crippen LogP) is 2.01. The molecule has 0 aliphatic carbocycles. The molecule has 4 heteroatoms. The van der Waals surface area contributed by atoms with Crippen molar-refractivity contribution in [1.82, 2.24) is 5.32 Å². The highest BCUT2D eigenvalue weighted by molar-refractivity contribution is 7.09. The number of nitrogens with one attached hydrogen (secondary N) is 1. The van der Waals surface area contributed by atoms with E-state index in [1.807, 2.05) is 26.8 Å². The summed E-state index contributed by atoms with van der Waals surface area (Å²) in [7, 11) is 0. The van der Waals surface area contributed by atoms with Crippen molar-refractivity contribution in [2.75, 3.05) is 13.2 Å². The molecule has 2 N–H and O–H groups in total. The van der Waals surface area contributed by atoms with E-state index in [9.17, 15) is 5.11 Å². The molecule has 0 saturated carbocycles. The van der Waals surface area contributed by atoms with Gasteiger partial charge in [-0.05, 0) is 32.2 Å². The Balaban J connectivity index is 2.09. The lowest BCUT2D eigenvalue weighted by Gasteiger charge is -2.22. The maximum Gasteiger partial charge on any atom is 0.0898 e. The largest absolute Gasteiger partial charge is 0.389 e. The molecule has 1 atom stereocenters. The Kier molecular flexibility index (Phi) is 5.41. The van der Waals surface area contributed by atoms with Crippen LogP contribution in [-0.4, -0.2) is 30.0 Å². The molecule has 0 fully saturated rings. The van der Waals surface area contributed by atoms with Crippen LogP contribution in [0, 0.1) is 0 Å². The first-order chi connectivity index (χ1) is 7.47. The SMILES string of the molecule is CC(C)(C)OC[C@@H](O)CNCc1cccs1. The summed E-state index contributed by atoms with van der Waals surface area (Å²) in [5, 5.41) is 14.9. The first-order valence-electron chi connectivity index (χ1n) is 5.52. The number of aliphatic hydroxyl groups excluding tert-OH is 1. The van der Waals surface area contributed by atoms with Crippen molar-refractivity contribution in [3.8, 4) is 0 Å². The summed E-state index contributed by atoms with van der Waals surface area (Å²) in [6, 6.07) is 4.11. The third kappa shape index (κ3) is 6.23. The molecule has 0 unspecified atom stereocenters. The fourth-order valence-corrected chi connectivity index (χ4v) is 1.85. The van der Waals surface area contributed by atoms with Crippen LogP contribution < -0.4 is 5.32 Å². The van der Waals surface area contributed by atoms with E-state index in [0.29, 0.717) is 13.2 Å². The Bertz CT molecular complexity index is 280. The highest BCUT2D eigenvalue weighted by atomic mass is 32.1. The minimum Gasteiger partial charge on any atom is -0.389 e. The number of ether oxygens (including phenoxy) is 1. The van der Waals surface area contributed by atoms with E-state index in [1.54, 1.807) is 11.3 Å². The summed E-state index contributed by atoms with van der Waals surface area (Å²) in [5.41, 5.74) is -0.186. The lowest BCUT2D eigenvalue weighted by atomic mass is 10.2. The van der Waals surface area contributed by atoms with E-state index >= 15 is 0 Å². The van der Waals surface area contributed by atoms with Gasteiger partial charge in [-0.1, -0.05) is 6.07 Å². The van der Waals surface area contributed by atoms with Gasteiger partial charge < -0.3 is 15.2 Å². The maximum absolute atomic E-state index is 9.66. The summed E-state index contributed by atoms with van der Waals surface area (Å²) in [5.74, 6) is 0. The first-order valence-corrected chi connectivity index (χ1v) is 6.40. The lowest BCUT2D eigenvalue weighted by Crippen LogP contribution is -2.33. The van der Waals surface area contributed by atoms with E-state index in [1.165, 1.54) is 4.88 Å². The third-order valence-corrected chi connectivity index (χ3v) is 2.84. The molecule has 0 spiro atoms. The highest BCUT2D eigenvalue weighted by Gasteiger charge is 2.13. The number of rotatable bonds is 6. The van der Waals surface area contributed by atoms with Crippen LogP contribution in [0.5, 0.6) is 0 Å². The molecule has 0 aliphatic rings. The zero-order valence-corrected chi connectivity index (χ0v) is 11.0. The molecular weight excluding hydrogens is 222 g/mol. The van der Waals surface area contributed by atoms with E-state index in [-0.39, 0.29) is 5.60 Å². The van der Waals surface area contributed by atoms with Gasteiger partial charge >= 0.3 is 0 Å². The van der Waals surface area contributed by atoms with Crippen molar-refractivity contribution >= 4 is 11.3 Å². The van der Waals surface area contributed by atoms with Crippen molar-refractivity contribution in [3.05, 3.63) is 22.4 Å². The second-order valence-electron chi connectivity index (χ2n) is 4.79. The zero-order chi connectivity index (χ0) is 12.0. The number of hydrogen-bond donors (Lipinski definition) is 2. The fourth-order valence-electron chi connectivity index (χ4n) is 1.18. The minimum atomic E-state index is -0.445.